The molecule has 1 aliphatic rings. The molecule has 3 nitrogen and oxygen atoms in total. The maximum atomic E-state index is 11.0. The van der Waals surface area contributed by atoms with Gasteiger partial charge in [0.2, 0.25) is 0 Å². The molecular weight excluding hydrogens is 168 g/mol. The highest BCUT2D eigenvalue weighted by Gasteiger charge is 2.38. The van der Waals surface area contributed by atoms with Crippen molar-refractivity contribution in [3.05, 3.63) is 0 Å². The minimum absolute atomic E-state index is 0.0567. The second kappa shape index (κ2) is 4.09. The standard InChI is InChI=1S/C10H18O3/c1-3-8(9(11)12)10(2)4-6-13-7-5-10/h8H,3-7H2,1-2H3,(H,11,12). The zero-order valence-electron chi connectivity index (χ0n) is 8.38. The smallest absolute Gasteiger partial charge is 0.307 e. The van der Waals surface area contributed by atoms with Crippen LogP contribution in [0.1, 0.15) is 33.1 Å². The second-order valence-corrected chi connectivity index (χ2v) is 4.07. The Balaban J connectivity index is 2.68. The molecule has 0 aromatic rings. The van der Waals surface area contributed by atoms with Crippen LogP contribution in [0.25, 0.3) is 0 Å². The van der Waals surface area contributed by atoms with E-state index in [1.807, 2.05) is 6.92 Å². The van der Waals surface area contributed by atoms with Gasteiger partial charge in [0.05, 0.1) is 5.92 Å². The zero-order chi connectivity index (χ0) is 9.90. The Labute approximate surface area is 79.1 Å². The summed E-state index contributed by atoms with van der Waals surface area (Å²) >= 11 is 0. The summed E-state index contributed by atoms with van der Waals surface area (Å²) in [4.78, 5) is 11.0. The molecule has 0 spiro atoms. The lowest BCUT2D eigenvalue weighted by Crippen LogP contribution is -2.38. The lowest BCUT2D eigenvalue weighted by atomic mass is 9.70. The first-order valence-corrected chi connectivity index (χ1v) is 4.90. The van der Waals surface area contributed by atoms with E-state index < -0.39 is 5.97 Å². The molecule has 1 fully saturated rings. The van der Waals surface area contributed by atoms with Gasteiger partial charge in [-0.3, -0.25) is 4.79 Å². The molecule has 0 bridgehead atoms. The first kappa shape index (κ1) is 10.5. The number of rotatable bonds is 3. The van der Waals surface area contributed by atoms with Crippen molar-refractivity contribution in [2.75, 3.05) is 13.2 Å². The number of carboxylic acids is 1. The summed E-state index contributed by atoms with van der Waals surface area (Å²) in [6.45, 7) is 5.43. The van der Waals surface area contributed by atoms with E-state index in [2.05, 4.69) is 6.92 Å². The molecule has 1 atom stereocenters. The highest BCUT2D eigenvalue weighted by atomic mass is 16.5. The summed E-state index contributed by atoms with van der Waals surface area (Å²) in [6, 6.07) is 0. The van der Waals surface area contributed by atoms with Crippen molar-refractivity contribution in [1.82, 2.24) is 0 Å². The molecule has 1 rings (SSSR count). The van der Waals surface area contributed by atoms with Crippen LogP contribution in [0.3, 0.4) is 0 Å². The molecule has 0 aliphatic carbocycles. The molecule has 3 heteroatoms. The van der Waals surface area contributed by atoms with Crippen LogP contribution < -0.4 is 0 Å². The first-order chi connectivity index (χ1) is 6.10. The van der Waals surface area contributed by atoms with Crippen LogP contribution in [-0.4, -0.2) is 24.3 Å². The Morgan fingerprint density at radius 2 is 2.08 bits per heavy atom. The van der Waals surface area contributed by atoms with Crippen LogP contribution in [0.2, 0.25) is 0 Å². The average Bonchev–Trinajstić information content (AvgIpc) is 2.05. The van der Waals surface area contributed by atoms with Gasteiger partial charge in [0.25, 0.3) is 0 Å². The summed E-state index contributed by atoms with van der Waals surface area (Å²) in [7, 11) is 0. The minimum Gasteiger partial charge on any atom is -0.481 e. The Morgan fingerprint density at radius 1 is 1.54 bits per heavy atom. The van der Waals surface area contributed by atoms with Gasteiger partial charge in [-0.15, -0.1) is 0 Å². The van der Waals surface area contributed by atoms with Gasteiger partial charge in [0.1, 0.15) is 0 Å². The first-order valence-electron chi connectivity index (χ1n) is 4.90. The maximum absolute atomic E-state index is 11.0. The van der Waals surface area contributed by atoms with E-state index in [1.54, 1.807) is 0 Å². The lowest BCUT2D eigenvalue weighted by molar-refractivity contribution is -0.149. The lowest BCUT2D eigenvalue weighted by Gasteiger charge is -2.38. The summed E-state index contributed by atoms with van der Waals surface area (Å²) in [5, 5.41) is 9.05. The molecule has 0 aromatic heterocycles. The van der Waals surface area contributed by atoms with E-state index in [0.717, 1.165) is 12.8 Å². The fourth-order valence-corrected chi connectivity index (χ4v) is 2.15. The molecule has 0 saturated carbocycles. The molecule has 0 amide bonds. The van der Waals surface area contributed by atoms with E-state index in [4.69, 9.17) is 9.84 Å². The summed E-state index contributed by atoms with van der Waals surface area (Å²) in [5.41, 5.74) is -0.0567. The van der Waals surface area contributed by atoms with Gasteiger partial charge in [-0.25, -0.2) is 0 Å². The second-order valence-electron chi connectivity index (χ2n) is 4.07. The molecule has 76 valence electrons. The van der Waals surface area contributed by atoms with Crippen molar-refractivity contribution in [3.8, 4) is 0 Å². The highest BCUT2D eigenvalue weighted by Crippen LogP contribution is 2.39. The fourth-order valence-electron chi connectivity index (χ4n) is 2.15. The van der Waals surface area contributed by atoms with Crippen LogP contribution in [0.4, 0.5) is 0 Å². The van der Waals surface area contributed by atoms with Crippen molar-refractivity contribution in [2.24, 2.45) is 11.3 Å². The van der Waals surface area contributed by atoms with E-state index in [1.165, 1.54) is 0 Å². The molecule has 13 heavy (non-hydrogen) atoms. The number of hydrogen-bond donors (Lipinski definition) is 1. The predicted molar refractivity (Wildman–Crippen MR) is 49.6 cm³/mol. The predicted octanol–water partition coefficient (Wildman–Crippen LogP) is 1.91. The van der Waals surface area contributed by atoms with Crippen molar-refractivity contribution in [1.29, 1.82) is 0 Å². The molecular formula is C10H18O3. The van der Waals surface area contributed by atoms with Crippen molar-refractivity contribution >= 4 is 5.97 Å². The molecule has 1 unspecified atom stereocenters. The molecule has 1 aliphatic heterocycles. The SMILES string of the molecule is CCC(C(=O)O)C1(C)CCOCC1. The van der Waals surface area contributed by atoms with Gasteiger partial charge in [-0.1, -0.05) is 13.8 Å². The van der Waals surface area contributed by atoms with Gasteiger partial charge >= 0.3 is 5.97 Å². The summed E-state index contributed by atoms with van der Waals surface area (Å²) in [5.74, 6) is -0.872. The van der Waals surface area contributed by atoms with Crippen molar-refractivity contribution in [3.63, 3.8) is 0 Å². The molecule has 1 saturated heterocycles. The van der Waals surface area contributed by atoms with Gasteiger partial charge in [-0.2, -0.15) is 0 Å². The van der Waals surface area contributed by atoms with Gasteiger partial charge < -0.3 is 9.84 Å². The number of carboxylic acid groups (broad SMARTS) is 1. The summed E-state index contributed by atoms with van der Waals surface area (Å²) in [6.07, 6.45) is 2.46. The number of ether oxygens (including phenoxy) is 1. The highest BCUT2D eigenvalue weighted by molar-refractivity contribution is 5.71. The molecule has 1 heterocycles. The zero-order valence-corrected chi connectivity index (χ0v) is 8.38. The van der Waals surface area contributed by atoms with E-state index in [-0.39, 0.29) is 11.3 Å². The van der Waals surface area contributed by atoms with Crippen LogP contribution in [0.15, 0.2) is 0 Å². The van der Waals surface area contributed by atoms with Crippen LogP contribution >= 0.6 is 0 Å². The maximum Gasteiger partial charge on any atom is 0.307 e. The third kappa shape index (κ3) is 2.21. The Morgan fingerprint density at radius 3 is 2.46 bits per heavy atom. The van der Waals surface area contributed by atoms with Gasteiger partial charge in [0, 0.05) is 13.2 Å². The van der Waals surface area contributed by atoms with Gasteiger partial charge in [0.15, 0.2) is 0 Å². The third-order valence-corrected chi connectivity index (χ3v) is 3.18. The largest absolute Gasteiger partial charge is 0.481 e. The van der Waals surface area contributed by atoms with E-state index in [9.17, 15) is 4.79 Å². The number of aliphatic carboxylic acids is 1. The number of hydrogen-bond acceptors (Lipinski definition) is 2. The Bertz CT molecular complexity index is 183. The summed E-state index contributed by atoms with van der Waals surface area (Å²) < 4.78 is 5.25. The monoisotopic (exact) mass is 186 g/mol. The Hall–Kier alpha value is -0.570. The molecule has 0 aromatic carbocycles. The van der Waals surface area contributed by atoms with E-state index in [0.29, 0.717) is 19.6 Å². The quantitative estimate of drug-likeness (QED) is 0.732. The van der Waals surface area contributed by atoms with Crippen LogP contribution in [0.5, 0.6) is 0 Å². The minimum atomic E-state index is -0.660. The van der Waals surface area contributed by atoms with Crippen LogP contribution in [-0.2, 0) is 9.53 Å². The third-order valence-electron chi connectivity index (χ3n) is 3.18. The topological polar surface area (TPSA) is 46.5 Å². The van der Waals surface area contributed by atoms with Crippen molar-refractivity contribution < 1.29 is 14.6 Å². The average molecular weight is 186 g/mol. The Kier molecular flexibility index (Phi) is 3.31. The molecule has 1 N–H and O–H groups in total. The fraction of sp³-hybridized carbons (Fsp3) is 0.900. The normalized spacial score (nSPS) is 23.8. The van der Waals surface area contributed by atoms with Crippen molar-refractivity contribution in [2.45, 2.75) is 33.1 Å². The van der Waals surface area contributed by atoms with Gasteiger partial charge in [-0.05, 0) is 24.7 Å². The molecule has 0 radical (unpaired) electrons. The van der Waals surface area contributed by atoms with E-state index >= 15 is 0 Å². The number of carbonyl (C=O) groups is 1. The van der Waals surface area contributed by atoms with Crippen LogP contribution in [0, 0.1) is 11.3 Å².